The number of carbonyl (C=O) groups is 2. The summed E-state index contributed by atoms with van der Waals surface area (Å²) in [5.41, 5.74) is -0.421. The molecule has 0 aliphatic carbocycles. The number of ether oxygens (including phenoxy) is 1. The van der Waals surface area contributed by atoms with E-state index >= 15 is 0 Å². The van der Waals surface area contributed by atoms with Crippen LogP contribution in [-0.2, 0) is 16.1 Å². The third-order valence-electron chi connectivity index (χ3n) is 2.96. The maximum atomic E-state index is 11.6. The van der Waals surface area contributed by atoms with Crippen molar-refractivity contribution in [2.75, 3.05) is 13.1 Å². The largest absolute Gasteiger partial charge is 0.465 e. The van der Waals surface area contributed by atoms with Gasteiger partial charge in [-0.3, -0.25) is 4.79 Å². The van der Waals surface area contributed by atoms with E-state index in [1.54, 1.807) is 0 Å². The van der Waals surface area contributed by atoms with E-state index in [1.165, 1.54) is 0 Å². The van der Waals surface area contributed by atoms with E-state index in [1.807, 2.05) is 30.3 Å². The molecular formula is C13H15NO5. The highest BCUT2D eigenvalue weighted by atomic mass is 16.5. The number of amides is 1. The molecule has 1 aromatic rings. The summed E-state index contributed by atoms with van der Waals surface area (Å²) in [7, 11) is 0. The minimum Gasteiger partial charge on any atom is -0.465 e. The van der Waals surface area contributed by atoms with Gasteiger partial charge in [-0.05, 0) is 5.56 Å². The van der Waals surface area contributed by atoms with Gasteiger partial charge in [-0.2, -0.15) is 0 Å². The van der Waals surface area contributed by atoms with E-state index < -0.39 is 17.7 Å². The van der Waals surface area contributed by atoms with E-state index in [4.69, 9.17) is 9.84 Å². The molecule has 0 bridgehead atoms. The van der Waals surface area contributed by atoms with E-state index in [2.05, 4.69) is 0 Å². The Morgan fingerprint density at radius 2 is 1.89 bits per heavy atom. The van der Waals surface area contributed by atoms with Crippen LogP contribution in [-0.4, -0.2) is 45.9 Å². The van der Waals surface area contributed by atoms with Gasteiger partial charge in [0.25, 0.3) is 0 Å². The van der Waals surface area contributed by atoms with Gasteiger partial charge in [-0.1, -0.05) is 30.3 Å². The zero-order valence-corrected chi connectivity index (χ0v) is 10.3. The Morgan fingerprint density at radius 3 is 2.47 bits per heavy atom. The fraction of sp³-hybridized carbons (Fsp3) is 0.385. The molecule has 1 amide bonds. The minimum atomic E-state index is -1.29. The van der Waals surface area contributed by atoms with Crippen LogP contribution in [0.1, 0.15) is 12.0 Å². The highest BCUT2D eigenvalue weighted by molar-refractivity contribution is 5.72. The third kappa shape index (κ3) is 3.45. The van der Waals surface area contributed by atoms with Crippen molar-refractivity contribution in [3.8, 4) is 0 Å². The first-order chi connectivity index (χ1) is 8.98. The van der Waals surface area contributed by atoms with Crippen LogP contribution >= 0.6 is 0 Å². The first-order valence-electron chi connectivity index (χ1n) is 5.88. The number of hydrogen-bond acceptors (Lipinski definition) is 4. The Bertz CT molecular complexity index is 467. The Hall–Kier alpha value is -2.08. The molecule has 19 heavy (non-hydrogen) atoms. The van der Waals surface area contributed by atoms with Gasteiger partial charge in [0.05, 0.1) is 19.5 Å². The highest BCUT2D eigenvalue weighted by Gasteiger charge is 2.45. The van der Waals surface area contributed by atoms with E-state index in [-0.39, 0.29) is 26.1 Å². The van der Waals surface area contributed by atoms with Gasteiger partial charge in [0, 0.05) is 0 Å². The Morgan fingerprint density at radius 1 is 1.26 bits per heavy atom. The van der Waals surface area contributed by atoms with Gasteiger partial charge >= 0.3 is 12.1 Å². The van der Waals surface area contributed by atoms with Crippen LogP contribution in [0.2, 0.25) is 0 Å². The normalized spacial score (nSPS) is 16.6. The number of aliphatic hydroxyl groups is 1. The number of hydrogen-bond donors (Lipinski definition) is 2. The molecule has 2 N–H and O–H groups in total. The lowest BCUT2D eigenvalue weighted by Crippen LogP contribution is -2.63. The zero-order chi connectivity index (χ0) is 13.9. The molecule has 1 aliphatic heterocycles. The fourth-order valence-corrected chi connectivity index (χ4v) is 1.97. The average Bonchev–Trinajstić information content (AvgIpc) is 2.34. The SMILES string of the molecule is O=C(CC1(O)CN(C(=O)O)C1)OCc1ccccc1. The summed E-state index contributed by atoms with van der Waals surface area (Å²) in [4.78, 5) is 23.2. The van der Waals surface area contributed by atoms with Crippen molar-refractivity contribution in [3.63, 3.8) is 0 Å². The predicted molar refractivity (Wildman–Crippen MR) is 65.4 cm³/mol. The van der Waals surface area contributed by atoms with Crippen molar-refractivity contribution in [1.82, 2.24) is 4.90 Å². The predicted octanol–water partition coefficient (Wildman–Crippen LogP) is 0.845. The number of β-amino-alcohol motifs (C(OH)–C–C–N with tert-alkyl or cyclic N) is 1. The molecule has 1 heterocycles. The van der Waals surface area contributed by atoms with E-state index in [0.717, 1.165) is 10.5 Å². The molecular weight excluding hydrogens is 250 g/mol. The molecule has 0 saturated carbocycles. The quantitative estimate of drug-likeness (QED) is 0.788. The molecule has 1 fully saturated rings. The van der Waals surface area contributed by atoms with E-state index in [0.29, 0.717) is 0 Å². The Kier molecular flexibility index (Phi) is 3.71. The number of carbonyl (C=O) groups excluding carboxylic acids is 1. The van der Waals surface area contributed by atoms with Gasteiger partial charge in [0.2, 0.25) is 0 Å². The maximum Gasteiger partial charge on any atom is 0.407 e. The number of rotatable bonds is 4. The summed E-state index contributed by atoms with van der Waals surface area (Å²) in [6.45, 7) is 0.0456. The average molecular weight is 265 g/mol. The van der Waals surface area contributed by atoms with Crippen LogP contribution in [0.15, 0.2) is 30.3 Å². The van der Waals surface area contributed by atoms with Gasteiger partial charge in [0.15, 0.2) is 0 Å². The van der Waals surface area contributed by atoms with Crippen LogP contribution in [0.4, 0.5) is 4.79 Å². The summed E-state index contributed by atoms with van der Waals surface area (Å²) < 4.78 is 5.03. The summed E-state index contributed by atoms with van der Waals surface area (Å²) in [6.07, 6.45) is -1.29. The number of benzene rings is 1. The minimum absolute atomic E-state index is 0.0528. The van der Waals surface area contributed by atoms with Crippen molar-refractivity contribution in [1.29, 1.82) is 0 Å². The standard InChI is InChI=1S/C13H15NO5/c15-11(19-7-10-4-2-1-3-5-10)6-13(18)8-14(9-13)12(16)17/h1-5,18H,6-9H2,(H,16,17). The number of carboxylic acid groups (broad SMARTS) is 1. The molecule has 2 rings (SSSR count). The molecule has 0 atom stereocenters. The lowest BCUT2D eigenvalue weighted by Gasteiger charge is -2.44. The van der Waals surface area contributed by atoms with Crippen LogP contribution in [0, 0.1) is 0 Å². The van der Waals surface area contributed by atoms with Crippen molar-refractivity contribution in [3.05, 3.63) is 35.9 Å². The fourth-order valence-electron chi connectivity index (χ4n) is 1.97. The molecule has 1 aliphatic rings. The van der Waals surface area contributed by atoms with Crippen LogP contribution in [0.25, 0.3) is 0 Å². The molecule has 6 nitrogen and oxygen atoms in total. The number of likely N-dealkylation sites (tertiary alicyclic amines) is 1. The van der Waals surface area contributed by atoms with Crippen LogP contribution < -0.4 is 0 Å². The van der Waals surface area contributed by atoms with Crippen molar-refractivity contribution in [2.45, 2.75) is 18.6 Å². The summed E-state index contributed by atoms with van der Waals surface area (Å²) in [5, 5.41) is 18.5. The second-order valence-electron chi connectivity index (χ2n) is 4.69. The topological polar surface area (TPSA) is 87.1 Å². The molecule has 1 saturated heterocycles. The summed E-state index contributed by atoms with van der Waals surface area (Å²) in [6, 6.07) is 9.21. The summed E-state index contributed by atoms with van der Waals surface area (Å²) in [5.74, 6) is -0.531. The second-order valence-corrected chi connectivity index (χ2v) is 4.69. The lowest BCUT2D eigenvalue weighted by molar-refractivity contribution is -0.158. The molecule has 6 heteroatoms. The maximum absolute atomic E-state index is 11.6. The van der Waals surface area contributed by atoms with Crippen molar-refractivity contribution < 1.29 is 24.5 Å². The zero-order valence-electron chi connectivity index (χ0n) is 10.3. The molecule has 0 aromatic heterocycles. The van der Waals surface area contributed by atoms with E-state index in [9.17, 15) is 14.7 Å². The molecule has 102 valence electrons. The molecule has 0 spiro atoms. The van der Waals surface area contributed by atoms with Gasteiger partial charge in [-0.15, -0.1) is 0 Å². The summed E-state index contributed by atoms with van der Waals surface area (Å²) >= 11 is 0. The van der Waals surface area contributed by atoms with Gasteiger partial charge in [0.1, 0.15) is 12.2 Å². The van der Waals surface area contributed by atoms with Crippen LogP contribution in [0.5, 0.6) is 0 Å². The highest BCUT2D eigenvalue weighted by Crippen LogP contribution is 2.24. The number of esters is 1. The Balaban J connectivity index is 1.75. The first-order valence-corrected chi connectivity index (χ1v) is 5.88. The van der Waals surface area contributed by atoms with Gasteiger partial charge in [-0.25, -0.2) is 4.79 Å². The van der Waals surface area contributed by atoms with Gasteiger partial charge < -0.3 is 19.8 Å². The monoisotopic (exact) mass is 265 g/mol. The van der Waals surface area contributed by atoms with Crippen molar-refractivity contribution in [2.24, 2.45) is 0 Å². The Labute approximate surface area is 110 Å². The van der Waals surface area contributed by atoms with Crippen LogP contribution in [0.3, 0.4) is 0 Å². The first kappa shape index (κ1) is 13.4. The second kappa shape index (κ2) is 5.27. The smallest absolute Gasteiger partial charge is 0.407 e. The third-order valence-corrected chi connectivity index (χ3v) is 2.96. The lowest BCUT2D eigenvalue weighted by atomic mass is 9.91. The van der Waals surface area contributed by atoms with Crippen molar-refractivity contribution >= 4 is 12.1 Å². The molecule has 1 aromatic carbocycles. The molecule has 0 radical (unpaired) electrons. The number of nitrogens with zero attached hydrogens (tertiary/aromatic N) is 1. The molecule has 0 unspecified atom stereocenters.